The maximum absolute atomic E-state index is 13.0. The van der Waals surface area contributed by atoms with E-state index in [0.717, 1.165) is 9.99 Å². The van der Waals surface area contributed by atoms with Crippen molar-refractivity contribution in [3.05, 3.63) is 34.7 Å². The number of halogens is 2. The molecular formula is C8H5BrFN. The van der Waals surface area contributed by atoms with Gasteiger partial charge in [-0.2, -0.15) is 0 Å². The molecule has 0 bridgehead atoms. The van der Waals surface area contributed by atoms with Gasteiger partial charge in [-0.25, -0.2) is 4.39 Å². The molecule has 1 nitrogen and oxygen atoms in total. The van der Waals surface area contributed by atoms with Gasteiger partial charge in [-0.1, -0.05) is 15.9 Å². The molecule has 0 spiro atoms. The minimum Gasteiger partial charge on any atom is -0.361 e. The van der Waals surface area contributed by atoms with Crippen molar-refractivity contribution >= 4 is 26.8 Å². The Balaban J connectivity index is 2.91. The van der Waals surface area contributed by atoms with Crippen molar-refractivity contribution in [1.29, 1.82) is 0 Å². The zero-order valence-corrected chi connectivity index (χ0v) is 7.15. The zero-order valence-electron chi connectivity index (χ0n) is 5.57. The SMILES string of the molecule is Fc1cc(Br)cc2[nH]ccc12. The molecule has 1 N–H and O–H groups in total. The van der Waals surface area contributed by atoms with Crippen LogP contribution < -0.4 is 0 Å². The summed E-state index contributed by atoms with van der Waals surface area (Å²) in [5, 5.41) is 0.633. The third kappa shape index (κ3) is 1.05. The molecule has 11 heavy (non-hydrogen) atoms. The van der Waals surface area contributed by atoms with Gasteiger partial charge in [0.15, 0.2) is 0 Å². The molecule has 0 saturated carbocycles. The van der Waals surface area contributed by atoms with Gasteiger partial charge in [0.1, 0.15) is 5.82 Å². The van der Waals surface area contributed by atoms with E-state index in [4.69, 9.17) is 0 Å². The fourth-order valence-corrected chi connectivity index (χ4v) is 1.52. The van der Waals surface area contributed by atoms with Crippen molar-refractivity contribution < 1.29 is 4.39 Å². The summed E-state index contributed by atoms with van der Waals surface area (Å²) >= 11 is 3.21. The van der Waals surface area contributed by atoms with E-state index in [0.29, 0.717) is 5.39 Å². The molecular weight excluding hydrogens is 209 g/mol. The summed E-state index contributed by atoms with van der Waals surface area (Å²) in [5.41, 5.74) is 0.817. The largest absolute Gasteiger partial charge is 0.361 e. The second-order valence-electron chi connectivity index (χ2n) is 2.33. The van der Waals surface area contributed by atoms with Gasteiger partial charge < -0.3 is 4.98 Å². The Labute approximate surface area is 71.4 Å². The molecule has 0 aliphatic heterocycles. The van der Waals surface area contributed by atoms with Crippen molar-refractivity contribution in [2.24, 2.45) is 0 Å². The lowest BCUT2D eigenvalue weighted by Crippen LogP contribution is -1.75. The molecule has 56 valence electrons. The van der Waals surface area contributed by atoms with Crippen molar-refractivity contribution in [3.63, 3.8) is 0 Å². The second kappa shape index (κ2) is 2.34. The van der Waals surface area contributed by atoms with Crippen LogP contribution in [0.1, 0.15) is 0 Å². The predicted octanol–water partition coefficient (Wildman–Crippen LogP) is 3.07. The summed E-state index contributed by atoms with van der Waals surface area (Å²) < 4.78 is 13.8. The quantitative estimate of drug-likeness (QED) is 0.693. The Hall–Kier alpha value is -0.830. The average molecular weight is 214 g/mol. The van der Waals surface area contributed by atoms with Gasteiger partial charge in [-0.15, -0.1) is 0 Å². The van der Waals surface area contributed by atoms with Gasteiger partial charge in [-0.05, 0) is 18.2 Å². The smallest absolute Gasteiger partial charge is 0.133 e. The van der Waals surface area contributed by atoms with Crippen LogP contribution in [0.2, 0.25) is 0 Å². The fourth-order valence-electron chi connectivity index (χ4n) is 1.09. The van der Waals surface area contributed by atoms with Crippen LogP contribution in [-0.4, -0.2) is 4.98 Å². The summed E-state index contributed by atoms with van der Waals surface area (Å²) in [5.74, 6) is -0.198. The van der Waals surface area contributed by atoms with E-state index < -0.39 is 0 Å². The number of hydrogen-bond donors (Lipinski definition) is 1. The van der Waals surface area contributed by atoms with Crippen molar-refractivity contribution in [3.8, 4) is 0 Å². The minimum absolute atomic E-state index is 0.198. The van der Waals surface area contributed by atoms with Crippen LogP contribution in [0.4, 0.5) is 4.39 Å². The lowest BCUT2D eigenvalue weighted by Gasteiger charge is -1.93. The normalized spacial score (nSPS) is 10.7. The summed E-state index contributed by atoms with van der Waals surface area (Å²) in [4.78, 5) is 2.93. The second-order valence-corrected chi connectivity index (χ2v) is 3.24. The number of nitrogens with one attached hydrogen (secondary N) is 1. The Bertz CT molecular complexity index is 394. The number of rotatable bonds is 0. The van der Waals surface area contributed by atoms with Gasteiger partial charge in [-0.3, -0.25) is 0 Å². The van der Waals surface area contributed by atoms with Gasteiger partial charge in [0, 0.05) is 21.6 Å². The number of fused-ring (bicyclic) bond motifs is 1. The maximum Gasteiger partial charge on any atom is 0.133 e. The van der Waals surface area contributed by atoms with Crippen LogP contribution in [0.25, 0.3) is 10.9 Å². The molecule has 3 heteroatoms. The molecule has 0 amide bonds. The highest BCUT2D eigenvalue weighted by Gasteiger charge is 2.01. The van der Waals surface area contributed by atoms with E-state index in [-0.39, 0.29) is 5.82 Å². The maximum atomic E-state index is 13.0. The summed E-state index contributed by atoms with van der Waals surface area (Å²) in [6.07, 6.45) is 1.72. The predicted molar refractivity (Wildman–Crippen MR) is 46.0 cm³/mol. The minimum atomic E-state index is -0.198. The van der Waals surface area contributed by atoms with Gasteiger partial charge in [0.25, 0.3) is 0 Å². The Morgan fingerprint density at radius 2 is 2.18 bits per heavy atom. The highest BCUT2D eigenvalue weighted by atomic mass is 79.9. The van der Waals surface area contributed by atoms with Gasteiger partial charge in [0.2, 0.25) is 0 Å². The van der Waals surface area contributed by atoms with Gasteiger partial charge in [0.05, 0.1) is 0 Å². The molecule has 0 unspecified atom stereocenters. The summed E-state index contributed by atoms with van der Waals surface area (Å²) in [6.45, 7) is 0. The van der Waals surface area contributed by atoms with Crippen LogP contribution in [0.5, 0.6) is 0 Å². The number of aromatic nitrogens is 1. The third-order valence-corrected chi connectivity index (χ3v) is 2.04. The van der Waals surface area contributed by atoms with E-state index in [1.54, 1.807) is 12.3 Å². The van der Waals surface area contributed by atoms with E-state index in [9.17, 15) is 4.39 Å². The monoisotopic (exact) mass is 213 g/mol. The molecule has 2 aromatic rings. The standard InChI is InChI=1S/C8H5BrFN/c9-5-3-7(10)6-1-2-11-8(6)4-5/h1-4,11H. The molecule has 0 fully saturated rings. The topological polar surface area (TPSA) is 15.8 Å². The molecule has 0 saturated heterocycles. The molecule has 0 atom stereocenters. The lowest BCUT2D eigenvalue weighted by molar-refractivity contribution is 0.639. The number of benzene rings is 1. The van der Waals surface area contributed by atoms with Crippen LogP contribution in [-0.2, 0) is 0 Å². The lowest BCUT2D eigenvalue weighted by atomic mass is 10.2. The molecule has 1 aromatic carbocycles. The Kier molecular flexibility index (Phi) is 1.46. The molecule has 1 heterocycles. The molecule has 1 aromatic heterocycles. The molecule has 0 radical (unpaired) electrons. The first-order chi connectivity index (χ1) is 5.27. The van der Waals surface area contributed by atoms with E-state index in [2.05, 4.69) is 20.9 Å². The first kappa shape index (κ1) is 6.85. The Morgan fingerprint density at radius 1 is 1.36 bits per heavy atom. The molecule has 2 rings (SSSR count). The third-order valence-electron chi connectivity index (χ3n) is 1.58. The molecule has 0 aliphatic rings. The number of H-pyrrole nitrogens is 1. The fraction of sp³-hybridized carbons (Fsp3) is 0. The highest BCUT2D eigenvalue weighted by Crippen LogP contribution is 2.21. The summed E-state index contributed by atoms with van der Waals surface area (Å²) in [6, 6.07) is 5.02. The van der Waals surface area contributed by atoms with Crippen molar-refractivity contribution in [2.45, 2.75) is 0 Å². The highest BCUT2D eigenvalue weighted by molar-refractivity contribution is 9.10. The van der Waals surface area contributed by atoms with Gasteiger partial charge >= 0.3 is 0 Å². The van der Waals surface area contributed by atoms with E-state index >= 15 is 0 Å². The average Bonchev–Trinajstić information content (AvgIpc) is 2.34. The zero-order chi connectivity index (χ0) is 7.84. The van der Waals surface area contributed by atoms with Crippen molar-refractivity contribution in [2.75, 3.05) is 0 Å². The first-order valence-corrected chi connectivity index (χ1v) is 3.99. The number of hydrogen-bond acceptors (Lipinski definition) is 0. The van der Waals surface area contributed by atoms with Crippen LogP contribution >= 0.6 is 15.9 Å². The van der Waals surface area contributed by atoms with Crippen LogP contribution in [0.15, 0.2) is 28.9 Å². The summed E-state index contributed by atoms with van der Waals surface area (Å²) in [7, 11) is 0. The first-order valence-electron chi connectivity index (χ1n) is 3.19. The molecule has 0 aliphatic carbocycles. The van der Waals surface area contributed by atoms with E-state index in [1.807, 2.05) is 6.07 Å². The Morgan fingerprint density at radius 3 is 3.00 bits per heavy atom. The van der Waals surface area contributed by atoms with E-state index in [1.165, 1.54) is 6.07 Å². The van der Waals surface area contributed by atoms with Crippen molar-refractivity contribution in [1.82, 2.24) is 4.98 Å². The van der Waals surface area contributed by atoms with Crippen LogP contribution in [0.3, 0.4) is 0 Å². The van der Waals surface area contributed by atoms with Crippen LogP contribution in [0, 0.1) is 5.82 Å². The number of aromatic amines is 1.